The number of aliphatic hydroxyl groups is 1. The first-order chi connectivity index (χ1) is 12.1. The van der Waals surface area contributed by atoms with Crippen molar-refractivity contribution in [3.05, 3.63) is 65.0 Å². The molecule has 0 bridgehead atoms. The smallest absolute Gasteiger partial charge is 0.146 e. The molecule has 2 aromatic carbocycles. The van der Waals surface area contributed by atoms with Gasteiger partial charge in [0.05, 0.1) is 25.0 Å². The summed E-state index contributed by atoms with van der Waals surface area (Å²) in [4.78, 5) is 2.01. The Labute approximate surface area is 148 Å². The van der Waals surface area contributed by atoms with Crippen LogP contribution < -0.4 is 10.2 Å². The maximum atomic E-state index is 14.4. The van der Waals surface area contributed by atoms with Gasteiger partial charge in [0.1, 0.15) is 5.82 Å². The molecule has 4 nitrogen and oxygen atoms in total. The fourth-order valence-electron chi connectivity index (χ4n) is 3.07. The lowest BCUT2D eigenvalue weighted by Crippen LogP contribution is -2.36. The molecule has 0 aromatic heterocycles. The number of hydrogen-bond acceptors (Lipinski definition) is 4. The van der Waals surface area contributed by atoms with Gasteiger partial charge in [-0.3, -0.25) is 0 Å². The first-order valence-electron chi connectivity index (χ1n) is 8.70. The van der Waals surface area contributed by atoms with E-state index < -0.39 is 6.10 Å². The van der Waals surface area contributed by atoms with Crippen molar-refractivity contribution in [2.24, 2.45) is 0 Å². The Hall–Kier alpha value is -1.95. The minimum atomic E-state index is -0.572. The van der Waals surface area contributed by atoms with Crippen LogP contribution in [0.1, 0.15) is 22.8 Å². The summed E-state index contributed by atoms with van der Waals surface area (Å²) in [5.74, 6) is -0.208. The number of ether oxygens (including phenoxy) is 1. The SMILES string of the molecule is Cc1cccc(C(O)CNCc2ccc(N3CCOCC3)c(F)c2)c1. The summed E-state index contributed by atoms with van der Waals surface area (Å²) in [5.41, 5.74) is 3.51. The average Bonchev–Trinajstić information content (AvgIpc) is 2.62. The predicted octanol–water partition coefficient (Wildman–Crippen LogP) is 2.79. The largest absolute Gasteiger partial charge is 0.387 e. The maximum Gasteiger partial charge on any atom is 0.146 e. The number of nitrogens with one attached hydrogen (secondary N) is 1. The lowest BCUT2D eigenvalue weighted by molar-refractivity contribution is 0.122. The minimum Gasteiger partial charge on any atom is -0.387 e. The molecule has 0 radical (unpaired) electrons. The zero-order valence-electron chi connectivity index (χ0n) is 14.5. The van der Waals surface area contributed by atoms with E-state index in [0.717, 1.165) is 29.8 Å². The highest BCUT2D eigenvalue weighted by atomic mass is 19.1. The Bertz CT molecular complexity index is 702. The molecule has 1 atom stereocenters. The van der Waals surface area contributed by atoms with Crippen molar-refractivity contribution in [2.75, 3.05) is 37.7 Å². The third kappa shape index (κ3) is 4.78. The van der Waals surface area contributed by atoms with E-state index in [9.17, 15) is 9.50 Å². The van der Waals surface area contributed by atoms with Gasteiger partial charge in [0, 0.05) is 26.2 Å². The van der Waals surface area contributed by atoms with Crippen LogP contribution in [0.5, 0.6) is 0 Å². The van der Waals surface area contributed by atoms with E-state index in [1.165, 1.54) is 0 Å². The summed E-state index contributed by atoms with van der Waals surface area (Å²) in [7, 11) is 0. The van der Waals surface area contributed by atoms with Crippen LogP contribution in [-0.2, 0) is 11.3 Å². The van der Waals surface area contributed by atoms with Gasteiger partial charge in [-0.2, -0.15) is 0 Å². The number of aryl methyl sites for hydroxylation is 1. The molecule has 25 heavy (non-hydrogen) atoms. The molecular weight excluding hydrogens is 319 g/mol. The van der Waals surface area contributed by atoms with Crippen LogP contribution in [0.15, 0.2) is 42.5 Å². The Kier molecular flexibility index (Phi) is 6.02. The van der Waals surface area contributed by atoms with Crippen LogP contribution in [0, 0.1) is 12.7 Å². The molecule has 2 N–H and O–H groups in total. The third-order valence-electron chi connectivity index (χ3n) is 4.46. The molecule has 1 aliphatic heterocycles. The van der Waals surface area contributed by atoms with Crippen molar-refractivity contribution in [1.29, 1.82) is 0 Å². The molecule has 5 heteroatoms. The van der Waals surface area contributed by atoms with E-state index in [-0.39, 0.29) is 5.82 Å². The summed E-state index contributed by atoms with van der Waals surface area (Å²) in [6.07, 6.45) is -0.572. The number of aliphatic hydroxyl groups excluding tert-OH is 1. The molecule has 1 aliphatic rings. The van der Waals surface area contributed by atoms with Gasteiger partial charge in [-0.05, 0) is 30.2 Å². The molecule has 0 amide bonds. The highest BCUT2D eigenvalue weighted by molar-refractivity contribution is 5.49. The summed E-state index contributed by atoms with van der Waals surface area (Å²) in [6.45, 7) is 5.66. The van der Waals surface area contributed by atoms with Gasteiger partial charge in [-0.15, -0.1) is 0 Å². The monoisotopic (exact) mass is 344 g/mol. The number of anilines is 1. The summed E-state index contributed by atoms with van der Waals surface area (Å²) in [5, 5.41) is 13.4. The third-order valence-corrected chi connectivity index (χ3v) is 4.46. The van der Waals surface area contributed by atoms with Crippen molar-refractivity contribution in [3.63, 3.8) is 0 Å². The number of benzene rings is 2. The standard InChI is InChI=1S/C20H25FN2O2/c1-15-3-2-4-17(11-15)20(24)14-22-13-16-5-6-19(18(21)12-16)23-7-9-25-10-8-23/h2-6,11-12,20,22,24H,7-10,13-14H2,1H3. The van der Waals surface area contributed by atoms with E-state index in [1.807, 2.05) is 48.2 Å². The molecule has 1 unspecified atom stereocenters. The zero-order valence-corrected chi connectivity index (χ0v) is 14.5. The molecule has 0 spiro atoms. The summed E-state index contributed by atoms with van der Waals surface area (Å²) >= 11 is 0. The molecule has 2 aromatic rings. The summed E-state index contributed by atoms with van der Waals surface area (Å²) < 4.78 is 19.7. The number of morpholine rings is 1. The van der Waals surface area contributed by atoms with E-state index in [1.54, 1.807) is 6.07 Å². The highest BCUT2D eigenvalue weighted by Gasteiger charge is 2.15. The van der Waals surface area contributed by atoms with Crippen LogP contribution in [0.4, 0.5) is 10.1 Å². The van der Waals surface area contributed by atoms with Crippen molar-refractivity contribution >= 4 is 5.69 Å². The van der Waals surface area contributed by atoms with Gasteiger partial charge in [0.25, 0.3) is 0 Å². The van der Waals surface area contributed by atoms with Crippen LogP contribution in [0.2, 0.25) is 0 Å². The van der Waals surface area contributed by atoms with Gasteiger partial charge >= 0.3 is 0 Å². The van der Waals surface area contributed by atoms with Gasteiger partial charge in [0.2, 0.25) is 0 Å². The second-order valence-corrected chi connectivity index (χ2v) is 6.45. The highest BCUT2D eigenvalue weighted by Crippen LogP contribution is 2.21. The van der Waals surface area contributed by atoms with Crippen molar-refractivity contribution in [2.45, 2.75) is 19.6 Å². The van der Waals surface area contributed by atoms with E-state index >= 15 is 0 Å². The van der Waals surface area contributed by atoms with Gasteiger partial charge < -0.3 is 20.1 Å². The normalized spacial score (nSPS) is 16.0. The second-order valence-electron chi connectivity index (χ2n) is 6.45. The molecule has 1 saturated heterocycles. The zero-order chi connectivity index (χ0) is 17.6. The van der Waals surface area contributed by atoms with Gasteiger partial charge in [-0.1, -0.05) is 35.9 Å². The van der Waals surface area contributed by atoms with Crippen molar-refractivity contribution < 1.29 is 14.2 Å². The first kappa shape index (κ1) is 17.9. The Morgan fingerprint density at radius 1 is 1.20 bits per heavy atom. The van der Waals surface area contributed by atoms with E-state index in [4.69, 9.17) is 4.74 Å². The fraction of sp³-hybridized carbons (Fsp3) is 0.400. The number of rotatable bonds is 6. The van der Waals surface area contributed by atoms with Crippen molar-refractivity contribution in [3.8, 4) is 0 Å². The van der Waals surface area contributed by atoms with Crippen LogP contribution in [0.3, 0.4) is 0 Å². The number of nitrogens with zero attached hydrogens (tertiary/aromatic N) is 1. The summed E-state index contributed by atoms with van der Waals surface area (Å²) in [6, 6.07) is 13.2. The lowest BCUT2D eigenvalue weighted by atomic mass is 10.1. The Morgan fingerprint density at radius 2 is 2.00 bits per heavy atom. The molecule has 134 valence electrons. The Balaban J connectivity index is 1.54. The van der Waals surface area contributed by atoms with E-state index in [0.29, 0.717) is 32.0 Å². The van der Waals surface area contributed by atoms with Crippen LogP contribution in [-0.4, -0.2) is 38.0 Å². The minimum absolute atomic E-state index is 0.208. The van der Waals surface area contributed by atoms with Crippen LogP contribution >= 0.6 is 0 Å². The quantitative estimate of drug-likeness (QED) is 0.846. The second kappa shape index (κ2) is 8.43. The first-order valence-corrected chi connectivity index (χ1v) is 8.70. The Morgan fingerprint density at radius 3 is 2.72 bits per heavy atom. The van der Waals surface area contributed by atoms with Gasteiger partial charge in [-0.25, -0.2) is 4.39 Å². The topological polar surface area (TPSA) is 44.7 Å². The molecule has 1 fully saturated rings. The molecular formula is C20H25FN2O2. The van der Waals surface area contributed by atoms with Gasteiger partial charge in [0.15, 0.2) is 0 Å². The number of halogens is 1. The fourth-order valence-corrected chi connectivity index (χ4v) is 3.07. The average molecular weight is 344 g/mol. The molecule has 0 saturated carbocycles. The maximum absolute atomic E-state index is 14.4. The van der Waals surface area contributed by atoms with Crippen LogP contribution in [0.25, 0.3) is 0 Å². The molecule has 1 heterocycles. The van der Waals surface area contributed by atoms with E-state index in [2.05, 4.69) is 5.32 Å². The van der Waals surface area contributed by atoms with Crippen molar-refractivity contribution in [1.82, 2.24) is 5.32 Å². The molecule has 3 rings (SSSR count). The molecule has 0 aliphatic carbocycles. The number of hydrogen-bond donors (Lipinski definition) is 2. The lowest BCUT2D eigenvalue weighted by Gasteiger charge is -2.29. The predicted molar refractivity (Wildman–Crippen MR) is 97.3 cm³/mol.